The van der Waals surface area contributed by atoms with Crippen LogP contribution in [0.25, 0.3) is 0 Å². The number of hydrazone groups is 1. The molecule has 0 aliphatic heterocycles. The molecule has 0 atom stereocenters. The second-order valence-electron chi connectivity index (χ2n) is 7.50. The highest BCUT2D eigenvalue weighted by molar-refractivity contribution is 6.06. The van der Waals surface area contributed by atoms with Crippen LogP contribution < -0.4 is 20.2 Å². The second kappa shape index (κ2) is 10.9. The van der Waals surface area contributed by atoms with E-state index < -0.39 is 10.8 Å². The summed E-state index contributed by atoms with van der Waals surface area (Å²) in [6, 6.07) is 15.9. The number of nitro groups is 1. The molecule has 10 nitrogen and oxygen atoms in total. The molecule has 0 aromatic heterocycles. The summed E-state index contributed by atoms with van der Waals surface area (Å²) >= 11 is 0. The predicted molar refractivity (Wildman–Crippen MR) is 131 cm³/mol. The van der Waals surface area contributed by atoms with Gasteiger partial charge in [0.2, 0.25) is 0 Å². The van der Waals surface area contributed by atoms with Crippen molar-refractivity contribution in [3.05, 3.63) is 93.0 Å². The average Bonchev–Trinajstić information content (AvgIpc) is 2.86. The van der Waals surface area contributed by atoms with Gasteiger partial charge in [-0.1, -0.05) is 12.1 Å². The summed E-state index contributed by atoms with van der Waals surface area (Å²) in [7, 11) is 3.01. The zero-order valence-corrected chi connectivity index (χ0v) is 19.6. The van der Waals surface area contributed by atoms with Gasteiger partial charge in [-0.2, -0.15) is 5.10 Å². The van der Waals surface area contributed by atoms with Crippen molar-refractivity contribution in [3.8, 4) is 11.5 Å². The van der Waals surface area contributed by atoms with Crippen LogP contribution in [0.1, 0.15) is 38.8 Å². The van der Waals surface area contributed by atoms with Crippen molar-refractivity contribution in [2.45, 2.75) is 13.8 Å². The Morgan fingerprint density at radius 2 is 1.57 bits per heavy atom. The van der Waals surface area contributed by atoms with Gasteiger partial charge >= 0.3 is 0 Å². The lowest BCUT2D eigenvalue weighted by Crippen LogP contribution is -2.19. The zero-order valence-electron chi connectivity index (χ0n) is 19.6. The van der Waals surface area contributed by atoms with Gasteiger partial charge in [0.25, 0.3) is 17.5 Å². The summed E-state index contributed by atoms with van der Waals surface area (Å²) in [5.74, 6) is 0.124. The monoisotopic (exact) mass is 476 g/mol. The molecule has 2 amide bonds. The standard InChI is InChI=1S/C25H24N4O6/c1-15-12-18(8-10-21(15)29(32)33)25(31)28-27-16(2)17-6-5-7-20(13-17)26-24(30)19-9-11-22(34-3)23(14-19)35-4/h5-14H,1-4H3,(H,26,30)(H,28,31)/b27-16+. The Balaban J connectivity index is 1.71. The van der Waals surface area contributed by atoms with Crippen LogP contribution in [0.5, 0.6) is 11.5 Å². The smallest absolute Gasteiger partial charge is 0.272 e. The predicted octanol–water partition coefficient (Wildman–Crippen LogP) is 4.33. The fourth-order valence-electron chi connectivity index (χ4n) is 3.27. The second-order valence-corrected chi connectivity index (χ2v) is 7.50. The number of carbonyl (C=O) groups excluding carboxylic acids is 2. The highest BCUT2D eigenvalue weighted by atomic mass is 16.6. The summed E-state index contributed by atoms with van der Waals surface area (Å²) in [5.41, 5.74) is 5.12. The fraction of sp³-hybridized carbons (Fsp3) is 0.160. The number of ether oxygens (including phenoxy) is 2. The Bertz CT molecular complexity index is 1320. The van der Waals surface area contributed by atoms with Gasteiger partial charge in [-0.05, 0) is 61.9 Å². The first-order chi connectivity index (χ1) is 16.7. The van der Waals surface area contributed by atoms with Crippen LogP contribution in [-0.4, -0.2) is 36.7 Å². The number of nitrogens with zero attached hydrogens (tertiary/aromatic N) is 2. The van der Waals surface area contributed by atoms with Gasteiger partial charge in [0.15, 0.2) is 11.5 Å². The van der Waals surface area contributed by atoms with Crippen molar-refractivity contribution in [1.29, 1.82) is 0 Å². The maximum Gasteiger partial charge on any atom is 0.272 e. The van der Waals surface area contributed by atoms with Crippen molar-refractivity contribution in [2.75, 3.05) is 19.5 Å². The normalized spacial score (nSPS) is 10.9. The minimum atomic E-state index is -0.504. The van der Waals surface area contributed by atoms with Crippen molar-refractivity contribution >= 4 is 28.9 Å². The minimum absolute atomic E-state index is 0.0619. The van der Waals surface area contributed by atoms with Gasteiger partial charge in [0, 0.05) is 28.4 Å². The molecule has 3 aromatic rings. The topological polar surface area (TPSA) is 132 Å². The van der Waals surface area contributed by atoms with Gasteiger partial charge in [-0.3, -0.25) is 19.7 Å². The molecule has 0 heterocycles. The first-order valence-electron chi connectivity index (χ1n) is 10.5. The van der Waals surface area contributed by atoms with E-state index in [1.165, 1.54) is 32.4 Å². The molecule has 0 fully saturated rings. The van der Waals surface area contributed by atoms with E-state index in [-0.39, 0.29) is 17.2 Å². The number of methoxy groups -OCH3 is 2. The van der Waals surface area contributed by atoms with Gasteiger partial charge < -0.3 is 14.8 Å². The molecule has 3 aromatic carbocycles. The number of nitrogens with one attached hydrogen (secondary N) is 2. The Labute approximate surface area is 201 Å². The van der Waals surface area contributed by atoms with E-state index in [9.17, 15) is 19.7 Å². The lowest BCUT2D eigenvalue weighted by molar-refractivity contribution is -0.385. The molecule has 0 saturated heterocycles. The van der Waals surface area contributed by atoms with Crippen LogP contribution in [0.2, 0.25) is 0 Å². The summed E-state index contributed by atoms with van der Waals surface area (Å²) in [4.78, 5) is 35.6. The molecule has 3 rings (SSSR count). The van der Waals surface area contributed by atoms with E-state index in [0.717, 1.165) is 0 Å². The summed E-state index contributed by atoms with van der Waals surface area (Å²) < 4.78 is 10.4. The number of benzene rings is 3. The number of amides is 2. The van der Waals surface area contributed by atoms with Crippen LogP contribution >= 0.6 is 0 Å². The van der Waals surface area contributed by atoms with Crippen LogP contribution in [0.15, 0.2) is 65.8 Å². The molecule has 180 valence electrons. The van der Waals surface area contributed by atoms with E-state index in [1.54, 1.807) is 56.3 Å². The molecule has 0 unspecified atom stereocenters. The van der Waals surface area contributed by atoms with Crippen LogP contribution in [0.4, 0.5) is 11.4 Å². The highest BCUT2D eigenvalue weighted by Crippen LogP contribution is 2.28. The molecule has 0 radical (unpaired) electrons. The average molecular weight is 476 g/mol. The number of nitro benzene ring substituents is 1. The van der Waals surface area contributed by atoms with Crippen LogP contribution in [-0.2, 0) is 0 Å². The Morgan fingerprint density at radius 3 is 2.23 bits per heavy atom. The largest absolute Gasteiger partial charge is 0.493 e. The summed E-state index contributed by atoms with van der Waals surface area (Å²) in [6.45, 7) is 3.27. The van der Waals surface area contributed by atoms with Gasteiger partial charge in [0.05, 0.1) is 24.9 Å². The SMILES string of the molecule is COc1ccc(C(=O)Nc2cccc(/C(C)=N/NC(=O)c3ccc([N+](=O)[O-])c(C)c3)c2)cc1OC. The first kappa shape index (κ1) is 24.9. The number of rotatable bonds is 8. The first-order valence-corrected chi connectivity index (χ1v) is 10.5. The van der Waals surface area contributed by atoms with E-state index >= 15 is 0 Å². The number of carbonyl (C=O) groups is 2. The molecular weight excluding hydrogens is 452 g/mol. The van der Waals surface area contributed by atoms with Crippen molar-refractivity contribution < 1.29 is 24.0 Å². The summed E-state index contributed by atoms with van der Waals surface area (Å²) in [6.07, 6.45) is 0. The third-order valence-electron chi connectivity index (χ3n) is 5.16. The minimum Gasteiger partial charge on any atom is -0.493 e. The van der Waals surface area contributed by atoms with Crippen LogP contribution in [0.3, 0.4) is 0 Å². The van der Waals surface area contributed by atoms with E-state index in [4.69, 9.17) is 9.47 Å². The maximum absolute atomic E-state index is 12.7. The molecule has 0 aliphatic carbocycles. The number of aryl methyl sites for hydroxylation is 1. The lowest BCUT2D eigenvalue weighted by atomic mass is 10.1. The maximum atomic E-state index is 12.7. The lowest BCUT2D eigenvalue weighted by Gasteiger charge is -2.11. The third-order valence-corrected chi connectivity index (χ3v) is 5.16. The van der Waals surface area contributed by atoms with E-state index in [2.05, 4.69) is 15.8 Å². The fourth-order valence-corrected chi connectivity index (χ4v) is 3.27. The Hall–Kier alpha value is -4.73. The quantitative estimate of drug-likeness (QED) is 0.283. The molecule has 10 heteroatoms. The number of hydrogen-bond donors (Lipinski definition) is 2. The van der Waals surface area contributed by atoms with Crippen molar-refractivity contribution in [2.24, 2.45) is 5.10 Å². The van der Waals surface area contributed by atoms with Gasteiger partial charge in [-0.25, -0.2) is 5.43 Å². The zero-order chi connectivity index (χ0) is 25.5. The molecular formula is C25H24N4O6. The molecule has 35 heavy (non-hydrogen) atoms. The highest BCUT2D eigenvalue weighted by Gasteiger charge is 2.14. The number of hydrogen-bond acceptors (Lipinski definition) is 7. The van der Waals surface area contributed by atoms with Crippen LogP contribution in [0, 0.1) is 17.0 Å². The molecule has 2 N–H and O–H groups in total. The Kier molecular flexibility index (Phi) is 7.77. The molecule has 0 spiro atoms. The van der Waals surface area contributed by atoms with E-state index in [1.807, 2.05) is 0 Å². The van der Waals surface area contributed by atoms with Gasteiger partial charge in [0.1, 0.15) is 0 Å². The molecule has 0 saturated carbocycles. The van der Waals surface area contributed by atoms with Gasteiger partial charge in [-0.15, -0.1) is 0 Å². The van der Waals surface area contributed by atoms with E-state index in [0.29, 0.717) is 39.6 Å². The number of anilines is 1. The van der Waals surface area contributed by atoms with Crippen molar-refractivity contribution in [3.63, 3.8) is 0 Å². The van der Waals surface area contributed by atoms with Crippen molar-refractivity contribution in [1.82, 2.24) is 5.43 Å². The molecule has 0 bridgehead atoms. The Morgan fingerprint density at radius 1 is 0.886 bits per heavy atom. The summed E-state index contributed by atoms with van der Waals surface area (Å²) in [5, 5.41) is 17.9. The third kappa shape index (κ3) is 5.99. The molecule has 0 aliphatic rings.